The number of carbonyl (C=O) groups is 1. The monoisotopic (exact) mass is 354 g/mol. The molecule has 0 aromatic heterocycles. The second kappa shape index (κ2) is 5.44. The van der Waals surface area contributed by atoms with Crippen molar-refractivity contribution in [2.45, 2.75) is 37.2 Å². The maximum atomic E-state index is 12.5. The molecular weight excluding hydrogens is 332 g/mol. The second-order valence-corrected chi connectivity index (χ2v) is 8.86. The van der Waals surface area contributed by atoms with E-state index in [2.05, 4.69) is 4.72 Å². The van der Waals surface area contributed by atoms with Gasteiger partial charge in [-0.2, -0.15) is 0 Å². The lowest BCUT2D eigenvalue weighted by Gasteiger charge is -2.37. The summed E-state index contributed by atoms with van der Waals surface area (Å²) in [5.74, 6) is 0.163. The molecule has 3 rings (SSSR count). The highest BCUT2D eigenvalue weighted by molar-refractivity contribution is 7.89. The summed E-state index contributed by atoms with van der Waals surface area (Å²) >= 11 is 0. The van der Waals surface area contributed by atoms with Gasteiger partial charge in [0.05, 0.1) is 10.6 Å². The zero-order valence-electron chi connectivity index (χ0n) is 14.0. The van der Waals surface area contributed by atoms with Crippen LogP contribution in [-0.4, -0.2) is 45.2 Å². The van der Waals surface area contributed by atoms with Crippen LogP contribution < -0.4 is 14.4 Å². The Morgan fingerprint density at radius 3 is 2.58 bits per heavy atom. The number of sulfonamides is 1. The number of aliphatic hydroxyl groups is 1. The maximum absolute atomic E-state index is 12.5. The molecule has 1 aromatic rings. The summed E-state index contributed by atoms with van der Waals surface area (Å²) < 4.78 is 33.2. The van der Waals surface area contributed by atoms with E-state index < -0.39 is 15.6 Å². The van der Waals surface area contributed by atoms with Crippen LogP contribution in [0.2, 0.25) is 0 Å². The van der Waals surface area contributed by atoms with Crippen molar-refractivity contribution in [3.63, 3.8) is 0 Å². The van der Waals surface area contributed by atoms with Gasteiger partial charge in [0.15, 0.2) is 5.60 Å². The topological polar surface area (TPSA) is 95.9 Å². The summed E-state index contributed by atoms with van der Waals surface area (Å²) in [4.78, 5) is 13.7. The molecule has 1 saturated carbocycles. The first-order valence-electron chi connectivity index (χ1n) is 7.82. The van der Waals surface area contributed by atoms with Gasteiger partial charge in [-0.1, -0.05) is 0 Å². The molecule has 1 aliphatic heterocycles. The van der Waals surface area contributed by atoms with Gasteiger partial charge >= 0.3 is 0 Å². The van der Waals surface area contributed by atoms with Crippen LogP contribution in [0, 0.1) is 5.41 Å². The van der Waals surface area contributed by atoms with Gasteiger partial charge in [0.1, 0.15) is 5.75 Å². The van der Waals surface area contributed by atoms with E-state index in [0.717, 1.165) is 12.8 Å². The summed E-state index contributed by atoms with van der Waals surface area (Å²) in [6.45, 7) is 3.48. The number of amides is 1. The highest BCUT2D eigenvalue weighted by Crippen LogP contribution is 2.44. The molecule has 0 unspecified atom stereocenters. The van der Waals surface area contributed by atoms with E-state index in [4.69, 9.17) is 4.74 Å². The molecule has 1 amide bonds. The number of carbonyl (C=O) groups excluding carboxylic acids is 1. The number of hydrogen-bond donors (Lipinski definition) is 2. The number of fused-ring (bicyclic) bond motifs is 1. The number of nitrogens with zero attached hydrogens (tertiary/aromatic N) is 1. The molecule has 24 heavy (non-hydrogen) atoms. The molecule has 0 bridgehead atoms. The third-order valence-electron chi connectivity index (χ3n) is 4.72. The SMILES string of the molecule is CN1C(=O)C(C)(C)Oc2cc(S(=O)(=O)NCC3(CO)CC3)ccc21. The predicted octanol–water partition coefficient (Wildman–Crippen LogP) is 0.871. The van der Waals surface area contributed by atoms with Crippen molar-refractivity contribution in [1.29, 1.82) is 0 Å². The van der Waals surface area contributed by atoms with E-state index in [-0.39, 0.29) is 29.4 Å². The minimum Gasteiger partial charge on any atom is -0.476 e. The largest absolute Gasteiger partial charge is 0.476 e. The van der Waals surface area contributed by atoms with Crippen LogP contribution in [0.5, 0.6) is 5.75 Å². The zero-order valence-corrected chi connectivity index (χ0v) is 14.8. The molecule has 2 aliphatic rings. The van der Waals surface area contributed by atoms with Gasteiger partial charge in [-0.15, -0.1) is 0 Å². The van der Waals surface area contributed by atoms with Gasteiger partial charge in [0, 0.05) is 31.7 Å². The Hall–Kier alpha value is -1.64. The third kappa shape index (κ3) is 2.89. The Morgan fingerprint density at radius 2 is 2.00 bits per heavy atom. The van der Waals surface area contributed by atoms with Gasteiger partial charge in [-0.3, -0.25) is 4.79 Å². The molecule has 0 radical (unpaired) electrons. The van der Waals surface area contributed by atoms with E-state index in [9.17, 15) is 18.3 Å². The Kier molecular flexibility index (Phi) is 3.89. The fourth-order valence-electron chi connectivity index (χ4n) is 2.75. The first kappa shape index (κ1) is 17.2. The Morgan fingerprint density at radius 1 is 1.33 bits per heavy atom. The number of ether oxygens (including phenoxy) is 1. The van der Waals surface area contributed by atoms with E-state index >= 15 is 0 Å². The quantitative estimate of drug-likeness (QED) is 0.818. The molecule has 0 atom stereocenters. The van der Waals surface area contributed by atoms with Gasteiger partial charge in [0.2, 0.25) is 10.0 Å². The number of rotatable bonds is 5. The van der Waals surface area contributed by atoms with Crippen molar-refractivity contribution in [3.8, 4) is 5.75 Å². The van der Waals surface area contributed by atoms with Crippen molar-refractivity contribution in [1.82, 2.24) is 4.72 Å². The predicted molar refractivity (Wildman–Crippen MR) is 88.5 cm³/mol. The third-order valence-corrected chi connectivity index (χ3v) is 6.12. The molecule has 1 heterocycles. The molecule has 8 heteroatoms. The fourth-order valence-corrected chi connectivity index (χ4v) is 3.92. The molecule has 1 fully saturated rings. The van der Waals surface area contributed by atoms with Crippen LogP contribution in [0.4, 0.5) is 5.69 Å². The van der Waals surface area contributed by atoms with Gasteiger partial charge in [-0.05, 0) is 38.8 Å². The summed E-state index contributed by atoms with van der Waals surface area (Å²) in [6.07, 6.45) is 1.64. The van der Waals surface area contributed by atoms with Gasteiger partial charge < -0.3 is 14.7 Å². The normalized spacial score (nSPS) is 21.2. The van der Waals surface area contributed by atoms with Crippen molar-refractivity contribution >= 4 is 21.6 Å². The summed E-state index contributed by atoms with van der Waals surface area (Å²) in [5.41, 5.74) is -0.828. The zero-order chi connectivity index (χ0) is 17.8. The summed E-state index contributed by atoms with van der Waals surface area (Å²) in [5, 5.41) is 9.30. The second-order valence-electron chi connectivity index (χ2n) is 7.09. The van der Waals surface area contributed by atoms with Gasteiger partial charge in [0.25, 0.3) is 5.91 Å². The number of likely N-dealkylation sites (N-methyl/N-ethyl adjacent to an activating group) is 1. The number of benzene rings is 1. The van der Waals surface area contributed by atoms with E-state index in [1.807, 2.05) is 0 Å². The highest BCUT2D eigenvalue weighted by atomic mass is 32.2. The number of aliphatic hydroxyl groups excluding tert-OH is 1. The maximum Gasteiger partial charge on any atom is 0.270 e. The van der Waals surface area contributed by atoms with Crippen molar-refractivity contribution in [3.05, 3.63) is 18.2 Å². The Balaban J connectivity index is 1.87. The van der Waals surface area contributed by atoms with Crippen LogP contribution in [0.25, 0.3) is 0 Å². The summed E-state index contributed by atoms with van der Waals surface area (Å²) in [6, 6.07) is 4.45. The van der Waals surface area contributed by atoms with Crippen LogP contribution >= 0.6 is 0 Å². The van der Waals surface area contributed by atoms with Crippen LogP contribution in [0.3, 0.4) is 0 Å². The van der Waals surface area contributed by atoms with E-state index in [1.165, 1.54) is 17.0 Å². The van der Waals surface area contributed by atoms with Crippen LogP contribution in [0.15, 0.2) is 23.1 Å². The van der Waals surface area contributed by atoms with E-state index in [1.54, 1.807) is 27.0 Å². The number of nitrogens with one attached hydrogen (secondary N) is 1. The number of anilines is 1. The molecule has 7 nitrogen and oxygen atoms in total. The Labute approximate surface area is 141 Å². The molecule has 0 spiro atoms. The molecule has 2 N–H and O–H groups in total. The minimum absolute atomic E-state index is 0.0239. The van der Waals surface area contributed by atoms with Crippen molar-refractivity contribution in [2.75, 3.05) is 25.1 Å². The first-order chi connectivity index (χ1) is 11.1. The lowest BCUT2D eigenvalue weighted by atomic mass is 10.0. The lowest BCUT2D eigenvalue weighted by molar-refractivity contribution is -0.132. The highest BCUT2D eigenvalue weighted by Gasteiger charge is 2.43. The fraction of sp³-hybridized carbons (Fsp3) is 0.562. The van der Waals surface area contributed by atoms with Gasteiger partial charge in [-0.25, -0.2) is 13.1 Å². The molecule has 0 saturated heterocycles. The smallest absolute Gasteiger partial charge is 0.270 e. The average molecular weight is 354 g/mol. The Bertz CT molecular complexity index is 784. The number of hydrogen-bond acceptors (Lipinski definition) is 5. The van der Waals surface area contributed by atoms with Crippen LogP contribution in [-0.2, 0) is 14.8 Å². The standard InChI is InChI=1S/C16H22N2O5S/c1-15(2)14(20)18(3)12-5-4-11(8-13(12)23-15)24(21,22)17-9-16(10-19)6-7-16/h4-5,8,17,19H,6-7,9-10H2,1-3H3. The molecule has 1 aromatic carbocycles. The average Bonchev–Trinajstić information content (AvgIpc) is 3.31. The van der Waals surface area contributed by atoms with E-state index in [0.29, 0.717) is 11.4 Å². The van der Waals surface area contributed by atoms with Crippen molar-refractivity contribution in [2.24, 2.45) is 5.41 Å². The van der Waals surface area contributed by atoms with Crippen LogP contribution in [0.1, 0.15) is 26.7 Å². The van der Waals surface area contributed by atoms with Crippen molar-refractivity contribution < 1.29 is 23.1 Å². The minimum atomic E-state index is -3.71. The molecular formula is C16H22N2O5S. The molecule has 132 valence electrons. The molecule has 1 aliphatic carbocycles. The summed E-state index contributed by atoms with van der Waals surface area (Å²) in [7, 11) is -2.07. The first-order valence-corrected chi connectivity index (χ1v) is 9.30. The lowest BCUT2D eigenvalue weighted by Crippen LogP contribution is -2.50.